The first-order chi connectivity index (χ1) is 17.1. The van der Waals surface area contributed by atoms with Gasteiger partial charge < -0.3 is 4.74 Å². The van der Waals surface area contributed by atoms with Crippen LogP contribution in [0.25, 0.3) is 11.3 Å². The van der Waals surface area contributed by atoms with Crippen LogP contribution in [-0.2, 0) is 0 Å². The number of halogens is 1. The Kier molecular flexibility index (Phi) is 12.1. The molecule has 1 heterocycles. The van der Waals surface area contributed by atoms with E-state index in [0.717, 1.165) is 25.2 Å². The van der Waals surface area contributed by atoms with Crippen molar-refractivity contribution in [3.05, 3.63) is 47.9 Å². The monoisotopic (exact) mass is 481 g/mol. The van der Waals surface area contributed by atoms with Crippen LogP contribution < -0.4 is 4.74 Å². The van der Waals surface area contributed by atoms with Crippen molar-refractivity contribution in [3.8, 4) is 17.0 Å². The zero-order valence-electron chi connectivity index (χ0n) is 22.5. The van der Waals surface area contributed by atoms with E-state index in [2.05, 4.69) is 24.9 Å². The lowest BCUT2D eigenvalue weighted by atomic mass is 9.77. The minimum absolute atomic E-state index is 0.100. The second-order valence-corrected chi connectivity index (χ2v) is 10.8. The molecule has 1 aromatic heterocycles. The third kappa shape index (κ3) is 9.24. The van der Waals surface area contributed by atoms with E-state index in [1.807, 2.05) is 25.3 Å². The summed E-state index contributed by atoms with van der Waals surface area (Å²) in [4.78, 5) is 4.65. The van der Waals surface area contributed by atoms with E-state index < -0.39 is 0 Å². The first-order valence-electron chi connectivity index (χ1n) is 14.5. The molecule has 3 rings (SSSR count). The third-order valence-electron chi connectivity index (χ3n) is 7.84. The standard InChI is InChI=1S/C32H48FNO/c1-4-6-8-9-10-11-12-14-26-15-17-27(18-16-26)28-19-22-32(34-24-28)30-21-20-29(23-31(30)33)35-25(3)13-7-5-2/h19-27H,4-18H2,1-3H3/t25-,26-,27-/m0/s1. The quantitative estimate of drug-likeness (QED) is 0.236. The molecule has 2 aromatic rings. The van der Waals surface area contributed by atoms with Crippen LogP contribution in [0.5, 0.6) is 5.75 Å². The fraction of sp³-hybridized carbons (Fsp3) is 0.656. The van der Waals surface area contributed by atoms with Crippen LogP contribution in [0.3, 0.4) is 0 Å². The van der Waals surface area contributed by atoms with Crippen molar-refractivity contribution in [3.63, 3.8) is 0 Å². The number of unbranched alkanes of at least 4 members (excludes halogenated alkanes) is 7. The van der Waals surface area contributed by atoms with Gasteiger partial charge >= 0.3 is 0 Å². The van der Waals surface area contributed by atoms with Crippen molar-refractivity contribution in [2.75, 3.05) is 0 Å². The molecule has 1 aromatic carbocycles. The molecule has 3 heteroatoms. The van der Waals surface area contributed by atoms with Gasteiger partial charge in [0.05, 0.1) is 11.8 Å². The predicted molar refractivity (Wildman–Crippen MR) is 147 cm³/mol. The van der Waals surface area contributed by atoms with Crippen LogP contribution >= 0.6 is 0 Å². The molecule has 0 unspecified atom stereocenters. The summed E-state index contributed by atoms with van der Waals surface area (Å²) in [5.41, 5.74) is 2.56. The molecular weight excluding hydrogens is 433 g/mol. The van der Waals surface area contributed by atoms with Crippen molar-refractivity contribution in [1.82, 2.24) is 4.98 Å². The molecule has 35 heavy (non-hydrogen) atoms. The fourth-order valence-corrected chi connectivity index (χ4v) is 5.54. The summed E-state index contributed by atoms with van der Waals surface area (Å²) in [6.07, 6.45) is 21.8. The van der Waals surface area contributed by atoms with Gasteiger partial charge in [-0.25, -0.2) is 4.39 Å². The number of nitrogens with zero attached hydrogens (tertiary/aromatic N) is 1. The normalized spacial score (nSPS) is 19.0. The molecule has 0 saturated heterocycles. The second kappa shape index (κ2) is 15.3. The van der Waals surface area contributed by atoms with Crippen LogP contribution in [-0.4, -0.2) is 11.1 Å². The maximum absolute atomic E-state index is 14.8. The minimum atomic E-state index is -0.267. The van der Waals surface area contributed by atoms with Crippen molar-refractivity contribution < 1.29 is 9.13 Å². The Hall–Kier alpha value is -1.90. The van der Waals surface area contributed by atoms with E-state index in [0.29, 0.717) is 22.9 Å². The Morgan fingerprint density at radius 1 is 0.886 bits per heavy atom. The fourth-order valence-electron chi connectivity index (χ4n) is 5.54. The predicted octanol–water partition coefficient (Wildman–Crippen LogP) is 10.3. The number of aromatic nitrogens is 1. The smallest absolute Gasteiger partial charge is 0.136 e. The molecule has 2 nitrogen and oxygen atoms in total. The SMILES string of the molecule is CCCCCCCCC[C@H]1CC[C@H](c2ccc(-c3ccc(O[C@@H](C)CCCC)cc3F)nc2)CC1. The molecule has 1 saturated carbocycles. The van der Waals surface area contributed by atoms with Gasteiger partial charge in [0.25, 0.3) is 0 Å². The number of pyridine rings is 1. The highest BCUT2D eigenvalue weighted by atomic mass is 19.1. The molecular formula is C32H48FNO. The van der Waals surface area contributed by atoms with E-state index in [4.69, 9.17) is 4.74 Å². The Morgan fingerprint density at radius 2 is 1.60 bits per heavy atom. The Morgan fingerprint density at radius 3 is 2.26 bits per heavy atom. The summed E-state index contributed by atoms with van der Waals surface area (Å²) < 4.78 is 20.7. The van der Waals surface area contributed by atoms with Gasteiger partial charge in [0.1, 0.15) is 11.6 Å². The molecule has 194 valence electrons. The van der Waals surface area contributed by atoms with Gasteiger partial charge in [-0.3, -0.25) is 4.98 Å². The topological polar surface area (TPSA) is 22.1 Å². The average molecular weight is 482 g/mol. The maximum Gasteiger partial charge on any atom is 0.136 e. The molecule has 0 radical (unpaired) electrons. The van der Waals surface area contributed by atoms with Crippen molar-refractivity contribution in [2.24, 2.45) is 5.92 Å². The molecule has 1 aliphatic rings. The summed E-state index contributed by atoms with van der Waals surface area (Å²) in [5.74, 6) is 1.84. The van der Waals surface area contributed by atoms with Gasteiger partial charge in [0, 0.05) is 17.8 Å². The zero-order valence-corrected chi connectivity index (χ0v) is 22.5. The lowest BCUT2D eigenvalue weighted by molar-refractivity contribution is 0.206. The molecule has 0 amide bonds. The summed E-state index contributed by atoms with van der Waals surface area (Å²) in [7, 11) is 0. The lowest BCUT2D eigenvalue weighted by Crippen LogP contribution is -2.13. The van der Waals surface area contributed by atoms with Crippen LogP contribution in [0.4, 0.5) is 4.39 Å². The second-order valence-electron chi connectivity index (χ2n) is 10.8. The van der Waals surface area contributed by atoms with Gasteiger partial charge in [-0.2, -0.15) is 0 Å². The van der Waals surface area contributed by atoms with E-state index in [9.17, 15) is 4.39 Å². The Balaban J connectivity index is 1.44. The van der Waals surface area contributed by atoms with Crippen molar-refractivity contribution in [1.29, 1.82) is 0 Å². The lowest BCUT2D eigenvalue weighted by Gasteiger charge is -2.28. The molecule has 1 atom stereocenters. The third-order valence-corrected chi connectivity index (χ3v) is 7.84. The molecule has 0 N–H and O–H groups in total. The minimum Gasteiger partial charge on any atom is -0.491 e. The maximum atomic E-state index is 14.8. The Bertz CT molecular complexity index is 841. The van der Waals surface area contributed by atoms with Crippen LogP contribution in [0, 0.1) is 11.7 Å². The van der Waals surface area contributed by atoms with Crippen molar-refractivity contribution in [2.45, 2.75) is 129 Å². The van der Waals surface area contributed by atoms with Crippen molar-refractivity contribution >= 4 is 0 Å². The molecule has 0 spiro atoms. The van der Waals surface area contributed by atoms with E-state index in [1.54, 1.807) is 6.07 Å². The number of hydrogen-bond acceptors (Lipinski definition) is 2. The average Bonchev–Trinajstić information content (AvgIpc) is 2.87. The van der Waals surface area contributed by atoms with Crippen LogP contribution in [0.15, 0.2) is 36.5 Å². The summed E-state index contributed by atoms with van der Waals surface area (Å²) >= 11 is 0. The molecule has 1 fully saturated rings. The van der Waals surface area contributed by atoms with Crippen LogP contribution in [0.1, 0.15) is 129 Å². The number of ether oxygens (including phenoxy) is 1. The molecule has 1 aliphatic carbocycles. The van der Waals surface area contributed by atoms with Gasteiger partial charge in [-0.15, -0.1) is 0 Å². The van der Waals surface area contributed by atoms with Gasteiger partial charge in [-0.1, -0.05) is 84.1 Å². The first-order valence-corrected chi connectivity index (χ1v) is 14.5. The van der Waals surface area contributed by atoms with Gasteiger partial charge in [-0.05, 0) is 74.6 Å². The largest absolute Gasteiger partial charge is 0.491 e. The molecule has 0 aliphatic heterocycles. The first kappa shape index (κ1) is 27.7. The number of hydrogen-bond donors (Lipinski definition) is 0. The summed E-state index contributed by atoms with van der Waals surface area (Å²) in [6, 6.07) is 9.32. The molecule has 0 bridgehead atoms. The summed E-state index contributed by atoms with van der Waals surface area (Å²) in [6.45, 7) is 6.50. The van der Waals surface area contributed by atoms with E-state index in [1.165, 1.54) is 88.7 Å². The van der Waals surface area contributed by atoms with Gasteiger partial charge in [0.15, 0.2) is 0 Å². The van der Waals surface area contributed by atoms with E-state index in [-0.39, 0.29) is 11.9 Å². The van der Waals surface area contributed by atoms with Gasteiger partial charge in [0.2, 0.25) is 0 Å². The van der Waals surface area contributed by atoms with Crippen LogP contribution in [0.2, 0.25) is 0 Å². The van der Waals surface area contributed by atoms with E-state index >= 15 is 0 Å². The highest BCUT2D eigenvalue weighted by Crippen LogP contribution is 2.38. The highest BCUT2D eigenvalue weighted by molar-refractivity contribution is 5.61. The number of benzene rings is 1. The number of rotatable bonds is 15. The highest BCUT2D eigenvalue weighted by Gasteiger charge is 2.22. The summed E-state index contributed by atoms with van der Waals surface area (Å²) in [5, 5.41) is 0. The Labute approximate surface area is 214 Å². The zero-order chi connectivity index (χ0) is 24.9.